The third-order valence-corrected chi connectivity index (χ3v) is 4.36. The highest BCUT2D eigenvalue weighted by Crippen LogP contribution is 2.19. The minimum absolute atomic E-state index is 0.00329. The van der Waals surface area contributed by atoms with Gasteiger partial charge in [-0.05, 0) is 50.9 Å². The molecule has 1 N–H and O–H groups in total. The normalized spacial score (nSPS) is 15.3. The zero-order valence-electron chi connectivity index (χ0n) is 14.4. The summed E-state index contributed by atoms with van der Waals surface area (Å²) in [5.41, 5.74) is 2.90. The first-order valence-electron chi connectivity index (χ1n) is 8.30. The van der Waals surface area contributed by atoms with Crippen LogP contribution in [0.5, 0.6) is 0 Å². The summed E-state index contributed by atoms with van der Waals surface area (Å²) in [6.45, 7) is 6.39. The number of hydrogen-bond acceptors (Lipinski definition) is 3. The number of anilines is 1. The van der Waals surface area contributed by atoms with Crippen LogP contribution < -0.4 is 5.32 Å². The van der Waals surface area contributed by atoms with Crippen molar-refractivity contribution in [2.24, 2.45) is 0 Å². The summed E-state index contributed by atoms with van der Waals surface area (Å²) in [6.07, 6.45) is 3.56. The van der Waals surface area contributed by atoms with Crippen molar-refractivity contribution in [1.82, 2.24) is 9.80 Å². The van der Waals surface area contributed by atoms with Crippen molar-refractivity contribution in [3.8, 4) is 0 Å². The van der Waals surface area contributed by atoms with Crippen LogP contribution in [-0.2, 0) is 9.59 Å². The number of likely N-dealkylation sites (tertiary alicyclic amines) is 1. The summed E-state index contributed by atoms with van der Waals surface area (Å²) in [5.74, 6) is -0.152. The van der Waals surface area contributed by atoms with Crippen LogP contribution in [0.3, 0.4) is 0 Å². The quantitative estimate of drug-likeness (QED) is 0.906. The van der Waals surface area contributed by atoms with Crippen LogP contribution in [0, 0.1) is 13.8 Å². The first kappa shape index (κ1) is 17.5. The smallest absolute Gasteiger partial charge is 0.243 e. The number of nitrogens with zero attached hydrogens (tertiary/aromatic N) is 2. The highest BCUT2D eigenvalue weighted by Gasteiger charge is 2.18. The molecule has 0 radical (unpaired) electrons. The summed E-state index contributed by atoms with van der Waals surface area (Å²) in [6, 6.07) is 5.90. The lowest BCUT2D eigenvalue weighted by Gasteiger charge is -2.27. The maximum atomic E-state index is 12.2. The number of amides is 2. The lowest BCUT2D eigenvalue weighted by Crippen LogP contribution is -2.43. The van der Waals surface area contributed by atoms with E-state index in [0.717, 1.165) is 42.7 Å². The van der Waals surface area contributed by atoms with E-state index in [-0.39, 0.29) is 18.4 Å². The summed E-state index contributed by atoms with van der Waals surface area (Å²) in [5, 5.41) is 2.92. The first-order chi connectivity index (χ1) is 11.0. The molecular formula is C18H27N3O2. The summed E-state index contributed by atoms with van der Waals surface area (Å²) in [7, 11) is 1.69. The van der Waals surface area contributed by atoms with Gasteiger partial charge in [-0.1, -0.05) is 24.6 Å². The summed E-state index contributed by atoms with van der Waals surface area (Å²) < 4.78 is 0. The Morgan fingerprint density at radius 3 is 2.35 bits per heavy atom. The second kappa shape index (κ2) is 8.11. The molecule has 1 aliphatic heterocycles. The molecule has 5 nitrogen and oxygen atoms in total. The van der Waals surface area contributed by atoms with E-state index in [1.807, 2.05) is 32.0 Å². The Morgan fingerprint density at radius 2 is 1.74 bits per heavy atom. The van der Waals surface area contributed by atoms with Crippen LogP contribution >= 0.6 is 0 Å². The molecule has 23 heavy (non-hydrogen) atoms. The molecule has 1 fully saturated rings. The zero-order valence-corrected chi connectivity index (χ0v) is 14.4. The number of aryl methyl sites for hydroxylation is 2. The van der Waals surface area contributed by atoms with Crippen molar-refractivity contribution in [1.29, 1.82) is 0 Å². The number of para-hydroxylation sites is 1. The van der Waals surface area contributed by atoms with E-state index < -0.39 is 0 Å². The van der Waals surface area contributed by atoms with E-state index >= 15 is 0 Å². The molecule has 0 atom stereocenters. The number of rotatable bonds is 5. The molecule has 0 spiro atoms. The van der Waals surface area contributed by atoms with Gasteiger partial charge in [-0.15, -0.1) is 0 Å². The molecule has 0 bridgehead atoms. The summed E-state index contributed by atoms with van der Waals surface area (Å²) >= 11 is 0. The predicted octanol–water partition coefficient (Wildman–Crippen LogP) is 2.19. The lowest BCUT2D eigenvalue weighted by atomic mass is 10.1. The van der Waals surface area contributed by atoms with Gasteiger partial charge in [0.25, 0.3) is 0 Å². The maximum Gasteiger partial charge on any atom is 0.243 e. The Morgan fingerprint density at radius 1 is 1.13 bits per heavy atom. The molecule has 126 valence electrons. The Balaban J connectivity index is 1.85. The zero-order chi connectivity index (χ0) is 16.8. The molecule has 1 aromatic rings. The molecule has 0 unspecified atom stereocenters. The second-order valence-electron chi connectivity index (χ2n) is 6.40. The standard InChI is InChI=1S/C18H27N3O2/c1-14-8-7-9-15(2)18(14)19-16(22)12-20(3)17(23)13-21-10-5-4-6-11-21/h7-9H,4-6,10-13H2,1-3H3,(H,19,22). The van der Waals surface area contributed by atoms with Crippen molar-refractivity contribution in [2.75, 3.05) is 38.5 Å². The third kappa shape index (κ3) is 5.06. The fourth-order valence-electron chi connectivity index (χ4n) is 2.92. The van der Waals surface area contributed by atoms with E-state index in [4.69, 9.17) is 0 Å². The highest BCUT2D eigenvalue weighted by atomic mass is 16.2. The van der Waals surface area contributed by atoms with Gasteiger partial charge in [-0.2, -0.15) is 0 Å². The van der Waals surface area contributed by atoms with Crippen LogP contribution in [0.25, 0.3) is 0 Å². The van der Waals surface area contributed by atoms with E-state index in [1.54, 1.807) is 7.05 Å². The molecule has 5 heteroatoms. The molecular weight excluding hydrogens is 290 g/mol. The molecule has 1 saturated heterocycles. The van der Waals surface area contributed by atoms with Gasteiger partial charge < -0.3 is 10.2 Å². The van der Waals surface area contributed by atoms with E-state index in [0.29, 0.717) is 6.54 Å². The van der Waals surface area contributed by atoms with Crippen LogP contribution in [0.2, 0.25) is 0 Å². The molecule has 1 aliphatic rings. The number of hydrogen-bond donors (Lipinski definition) is 1. The van der Waals surface area contributed by atoms with Gasteiger partial charge in [0, 0.05) is 12.7 Å². The van der Waals surface area contributed by atoms with Crippen molar-refractivity contribution in [3.63, 3.8) is 0 Å². The Kier molecular flexibility index (Phi) is 6.16. The molecule has 2 rings (SSSR count). The second-order valence-corrected chi connectivity index (χ2v) is 6.40. The van der Waals surface area contributed by atoms with Crippen LogP contribution in [-0.4, -0.2) is 54.8 Å². The fraction of sp³-hybridized carbons (Fsp3) is 0.556. The molecule has 1 aromatic carbocycles. The number of piperidine rings is 1. The van der Waals surface area contributed by atoms with Crippen molar-refractivity contribution in [3.05, 3.63) is 29.3 Å². The fourth-order valence-corrected chi connectivity index (χ4v) is 2.92. The van der Waals surface area contributed by atoms with E-state index in [1.165, 1.54) is 11.3 Å². The van der Waals surface area contributed by atoms with Gasteiger partial charge in [0.15, 0.2) is 0 Å². The number of nitrogens with one attached hydrogen (secondary N) is 1. The average Bonchev–Trinajstić information content (AvgIpc) is 2.52. The van der Waals surface area contributed by atoms with Crippen molar-refractivity contribution < 1.29 is 9.59 Å². The van der Waals surface area contributed by atoms with Crippen LogP contribution in [0.1, 0.15) is 30.4 Å². The lowest BCUT2D eigenvalue weighted by molar-refractivity contribution is -0.134. The molecule has 0 aromatic heterocycles. The van der Waals surface area contributed by atoms with Gasteiger partial charge in [0.2, 0.25) is 11.8 Å². The van der Waals surface area contributed by atoms with E-state index in [2.05, 4.69) is 10.2 Å². The van der Waals surface area contributed by atoms with Gasteiger partial charge in [-0.25, -0.2) is 0 Å². The van der Waals surface area contributed by atoms with Gasteiger partial charge >= 0.3 is 0 Å². The van der Waals surface area contributed by atoms with Crippen molar-refractivity contribution >= 4 is 17.5 Å². The largest absolute Gasteiger partial charge is 0.335 e. The summed E-state index contributed by atoms with van der Waals surface area (Å²) in [4.78, 5) is 28.1. The minimum Gasteiger partial charge on any atom is -0.335 e. The SMILES string of the molecule is Cc1cccc(C)c1NC(=O)CN(C)C(=O)CN1CCCCC1. The first-order valence-corrected chi connectivity index (χ1v) is 8.30. The molecule has 0 saturated carbocycles. The Labute approximate surface area is 138 Å². The minimum atomic E-state index is -0.156. The predicted molar refractivity (Wildman–Crippen MR) is 92.5 cm³/mol. The Hall–Kier alpha value is -1.88. The van der Waals surface area contributed by atoms with Gasteiger partial charge in [0.05, 0.1) is 13.1 Å². The number of carbonyl (C=O) groups excluding carboxylic acids is 2. The number of benzene rings is 1. The number of likely N-dealkylation sites (N-methyl/N-ethyl adjacent to an activating group) is 1. The topological polar surface area (TPSA) is 52.7 Å². The van der Waals surface area contributed by atoms with Crippen molar-refractivity contribution in [2.45, 2.75) is 33.1 Å². The number of carbonyl (C=O) groups is 2. The molecule has 2 amide bonds. The molecule has 0 aliphatic carbocycles. The maximum absolute atomic E-state index is 12.2. The monoisotopic (exact) mass is 317 g/mol. The third-order valence-electron chi connectivity index (χ3n) is 4.36. The van der Waals surface area contributed by atoms with Gasteiger partial charge in [-0.3, -0.25) is 14.5 Å². The van der Waals surface area contributed by atoms with Gasteiger partial charge in [0.1, 0.15) is 0 Å². The van der Waals surface area contributed by atoms with E-state index in [9.17, 15) is 9.59 Å². The molecule has 1 heterocycles. The van der Waals surface area contributed by atoms with Crippen LogP contribution in [0.4, 0.5) is 5.69 Å². The average molecular weight is 317 g/mol. The van der Waals surface area contributed by atoms with Crippen LogP contribution in [0.15, 0.2) is 18.2 Å². The highest BCUT2D eigenvalue weighted by molar-refractivity contribution is 5.95. The Bertz CT molecular complexity index is 545.